The van der Waals surface area contributed by atoms with Gasteiger partial charge in [-0.2, -0.15) is 0 Å². The van der Waals surface area contributed by atoms with Gasteiger partial charge in [-0.1, -0.05) is 60.3 Å². The van der Waals surface area contributed by atoms with Crippen molar-refractivity contribution in [2.45, 2.75) is 12.1 Å². The highest BCUT2D eigenvalue weighted by Crippen LogP contribution is 2.31. The van der Waals surface area contributed by atoms with E-state index in [1.165, 1.54) is 23.1 Å². The molecule has 1 amide bonds. The predicted molar refractivity (Wildman–Crippen MR) is 121 cm³/mol. The lowest BCUT2D eigenvalue weighted by atomic mass is 10.1. The third kappa shape index (κ3) is 4.11. The van der Waals surface area contributed by atoms with E-state index in [2.05, 4.69) is 9.97 Å². The normalized spacial score (nSPS) is 10.9. The van der Waals surface area contributed by atoms with E-state index in [0.29, 0.717) is 21.9 Å². The standard InChI is InChI=1S/C22H19N3O2S2/c1-2-25(16-11-7-4-8-12-16)18(26)14-29-22-23-20(27)19-17(13-28-21(19)24-22)15-9-5-3-6-10-15/h3-13H,2,14H2,1H3,(H,23,24,27). The molecule has 7 heteroatoms. The van der Waals surface area contributed by atoms with Crippen molar-refractivity contribution in [3.05, 3.63) is 76.4 Å². The minimum Gasteiger partial charge on any atom is -0.312 e. The maximum Gasteiger partial charge on any atom is 0.260 e. The predicted octanol–water partition coefficient (Wildman–Crippen LogP) is 4.80. The molecule has 2 aromatic carbocycles. The maximum atomic E-state index is 12.7. The smallest absolute Gasteiger partial charge is 0.260 e. The average Bonchev–Trinajstić information content (AvgIpc) is 3.19. The van der Waals surface area contributed by atoms with Crippen molar-refractivity contribution in [2.75, 3.05) is 17.2 Å². The fourth-order valence-electron chi connectivity index (χ4n) is 3.15. The van der Waals surface area contributed by atoms with Crippen LogP contribution < -0.4 is 10.5 Å². The molecule has 0 atom stereocenters. The van der Waals surface area contributed by atoms with Crippen LogP contribution in [0.15, 0.2) is 76.0 Å². The van der Waals surface area contributed by atoms with Gasteiger partial charge in [0.25, 0.3) is 5.56 Å². The van der Waals surface area contributed by atoms with Gasteiger partial charge in [0.05, 0.1) is 11.1 Å². The Hall–Kier alpha value is -2.90. The second-order valence-electron chi connectivity index (χ2n) is 6.33. The molecule has 0 aliphatic heterocycles. The molecule has 4 rings (SSSR count). The number of amides is 1. The van der Waals surface area contributed by atoms with E-state index >= 15 is 0 Å². The Kier molecular flexibility index (Phi) is 5.78. The SMILES string of the molecule is CCN(C(=O)CSc1nc2scc(-c3ccccc3)c2c(=O)[nH]1)c1ccccc1. The summed E-state index contributed by atoms with van der Waals surface area (Å²) in [5, 5.41) is 3.01. The van der Waals surface area contributed by atoms with Gasteiger partial charge in [-0.05, 0) is 24.6 Å². The van der Waals surface area contributed by atoms with E-state index in [1.807, 2.05) is 73.0 Å². The summed E-state index contributed by atoms with van der Waals surface area (Å²) in [7, 11) is 0. The molecule has 0 fully saturated rings. The Morgan fingerprint density at radius 1 is 1.10 bits per heavy atom. The van der Waals surface area contributed by atoms with Gasteiger partial charge in [-0.15, -0.1) is 11.3 Å². The van der Waals surface area contributed by atoms with Gasteiger partial charge in [-0.3, -0.25) is 9.59 Å². The number of hydrogen-bond donors (Lipinski definition) is 1. The van der Waals surface area contributed by atoms with Crippen LogP contribution in [0, 0.1) is 0 Å². The van der Waals surface area contributed by atoms with Crippen molar-refractivity contribution >= 4 is 44.9 Å². The van der Waals surface area contributed by atoms with Crippen LogP contribution >= 0.6 is 23.1 Å². The van der Waals surface area contributed by atoms with Crippen LogP contribution in [0.25, 0.3) is 21.3 Å². The minimum atomic E-state index is -0.180. The topological polar surface area (TPSA) is 66.1 Å². The second kappa shape index (κ2) is 8.63. The number of rotatable bonds is 6. The van der Waals surface area contributed by atoms with Crippen LogP contribution in [0.4, 0.5) is 5.69 Å². The van der Waals surface area contributed by atoms with Crippen molar-refractivity contribution in [1.82, 2.24) is 9.97 Å². The van der Waals surface area contributed by atoms with Crippen LogP contribution in [-0.4, -0.2) is 28.2 Å². The molecule has 0 saturated heterocycles. The fraction of sp³-hybridized carbons (Fsp3) is 0.136. The molecule has 146 valence electrons. The molecule has 5 nitrogen and oxygen atoms in total. The zero-order chi connectivity index (χ0) is 20.2. The number of hydrogen-bond acceptors (Lipinski definition) is 5. The van der Waals surface area contributed by atoms with Crippen LogP contribution in [0.2, 0.25) is 0 Å². The van der Waals surface area contributed by atoms with Gasteiger partial charge in [0.15, 0.2) is 5.16 Å². The van der Waals surface area contributed by atoms with Crippen molar-refractivity contribution in [3.63, 3.8) is 0 Å². The van der Waals surface area contributed by atoms with Gasteiger partial charge < -0.3 is 9.88 Å². The first kappa shape index (κ1) is 19.4. The third-order valence-electron chi connectivity index (χ3n) is 4.52. The number of fused-ring (bicyclic) bond motifs is 1. The Balaban J connectivity index is 1.55. The summed E-state index contributed by atoms with van der Waals surface area (Å²) in [6, 6.07) is 19.4. The van der Waals surface area contributed by atoms with Gasteiger partial charge in [0, 0.05) is 23.2 Å². The number of nitrogens with one attached hydrogen (secondary N) is 1. The van der Waals surface area contributed by atoms with Crippen LogP contribution in [0.1, 0.15) is 6.92 Å². The molecule has 0 radical (unpaired) electrons. The molecule has 0 aliphatic carbocycles. The monoisotopic (exact) mass is 421 g/mol. The number of para-hydroxylation sites is 1. The van der Waals surface area contributed by atoms with Gasteiger partial charge in [-0.25, -0.2) is 4.98 Å². The highest BCUT2D eigenvalue weighted by Gasteiger charge is 2.16. The largest absolute Gasteiger partial charge is 0.312 e. The van der Waals surface area contributed by atoms with Gasteiger partial charge in [0.2, 0.25) is 5.91 Å². The molecular weight excluding hydrogens is 402 g/mol. The van der Waals surface area contributed by atoms with E-state index in [0.717, 1.165) is 16.8 Å². The molecule has 0 saturated carbocycles. The highest BCUT2D eigenvalue weighted by atomic mass is 32.2. The first-order valence-electron chi connectivity index (χ1n) is 9.22. The Morgan fingerprint density at radius 3 is 2.48 bits per heavy atom. The molecule has 4 aromatic rings. The van der Waals surface area contributed by atoms with Crippen molar-refractivity contribution in [2.24, 2.45) is 0 Å². The maximum absolute atomic E-state index is 12.7. The molecule has 2 heterocycles. The zero-order valence-electron chi connectivity index (χ0n) is 15.8. The molecule has 0 bridgehead atoms. The second-order valence-corrected chi connectivity index (χ2v) is 8.15. The number of carbonyl (C=O) groups is 1. The van der Waals surface area contributed by atoms with Crippen LogP contribution in [0.5, 0.6) is 0 Å². The number of carbonyl (C=O) groups excluding carboxylic acids is 1. The lowest BCUT2D eigenvalue weighted by molar-refractivity contribution is -0.116. The summed E-state index contributed by atoms with van der Waals surface area (Å²) in [5.41, 5.74) is 2.56. The summed E-state index contributed by atoms with van der Waals surface area (Å²) >= 11 is 2.69. The number of benzene rings is 2. The van der Waals surface area contributed by atoms with Crippen molar-refractivity contribution in [1.29, 1.82) is 0 Å². The number of aromatic nitrogens is 2. The van der Waals surface area contributed by atoms with Crippen LogP contribution in [-0.2, 0) is 4.79 Å². The number of thioether (sulfide) groups is 1. The lowest BCUT2D eigenvalue weighted by Gasteiger charge is -2.20. The zero-order valence-corrected chi connectivity index (χ0v) is 17.4. The molecule has 0 aliphatic rings. The molecule has 0 unspecified atom stereocenters. The molecule has 2 aromatic heterocycles. The number of nitrogens with zero attached hydrogens (tertiary/aromatic N) is 2. The summed E-state index contributed by atoms with van der Waals surface area (Å²) in [4.78, 5) is 35.2. The average molecular weight is 422 g/mol. The summed E-state index contributed by atoms with van der Waals surface area (Å²) < 4.78 is 0. The van der Waals surface area contributed by atoms with Crippen molar-refractivity contribution < 1.29 is 4.79 Å². The molecular formula is C22H19N3O2S2. The Bertz CT molecular complexity index is 1190. The summed E-state index contributed by atoms with van der Waals surface area (Å²) in [5.74, 6) is 0.177. The van der Waals surface area contributed by atoms with Crippen molar-refractivity contribution in [3.8, 4) is 11.1 Å². The first-order chi connectivity index (χ1) is 14.2. The van der Waals surface area contributed by atoms with E-state index in [9.17, 15) is 9.59 Å². The van der Waals surface area contributed by atoms with Crippen LogP contribution in [0.3, 0.4) is 0 Å². The van der Waals surface area contributed by atoms with E-state index in [1.54, 1.807) is 4.90 Å². The molecule has 29 heavy (non-hydrogen) atoms. The summed E-state index contributed by atoms with van der Waals surface area (Å²) in [6.45, 7) is 2.52. The minimum absolute atomic E-state index is 0.0254. The fourth-order valence-corrected chi connectivity index (χ4v) is 4.89. The molecule has 0 spiro atoms. The highest BCUT2D eigenvalue weighted by molar-refractivity contribution is 7.99. The molecule has 1 N–H and O–H groups in total. The Morgan fingerprint density at radius 2 is 1.79 bits per heavy atom. The van der Waals surface area contributed by atoms with E-state index in [-0.39, 0.29) is 17.2 Å². The van der Waals surface area contributed by atoms with E-state index < -0.39 is 0 Å². The van der Waals surface area contributed by atoms with Gasteiger partial charge in [0.1, 0.15) is 4.83 Å². The van der Waals surface area contributed by atoms with Gasteiger partial charge >= 0.3 is 0 Å². The lowest BCUT2D eigenvalue weighted by Crippen LogP contribution is -2.32. The summed E-state index contributed by atoms with van der Waals surface area (Å²) in [6.07, 6.45) is 0. The third-order valence-corrected chi connectivity index (χ3v) is 6.25. The first-order valence-corrected chi connectivity index (χ1v) is 11.1. The Labute approximate surface area is 176 Å². The quantitative estimate of drug-likeness (QED) is 0.359. The number of anilines is 1. The number of aromatic amines is 1. The number of thiophene rings is 1. The van der Waals surface area contributed by atoms with E-state index in [4.69, 9.17) is 0 Å². The number of H-pyrrole nitrogens is 1.